The van der Waals surface area contributed by atoms with Gasteiger partial charge in [0.2, 0.25) is 0 Å². The molecule has 0 radical (unpaired) electrons. The second kappa shape index (κ2) is 5.41. The normalized spacial score (nSPS) is 14.2. The van der Waals surface area contributed by atoms with Crippen LogP contribution in [0.1, 0.15) is 25.1 Å². The van der Waals surface area contributed by atoms with E-state index in [1.807, 2.05) is 32.4 Å². The molecule has 1 aliphatic rings. The van der Waals surface area contributed by atoms with Crippen LogP contribution >= 0.6 is 0 Å². The molecule has 0 saturated heterocycles. The summed E-state index contributed by atoms with van der Waals surface area (Å²) >= 11 is 0. The van der Waals surface area contributed by atoms with Crippen LogP contribution in [-0.2, 0) is 18.5 Å². The largest absolute Gasteiger partial charge is 0.486 e. The lowest BCUT2D eigenvalue weighted by atomic mass is 10.0. The van der Waals surface area contributed by atoms with E-state index in [0.717, 1.165) is 30.2 Å². The number of nitrogens with zero attached hydrogens (tertiary/aromatic N) is 2. The summed E-state index contributed by atoms with van der Waals surface area (Å²) in [6, 6.07) is 6.11. The van der Waals surface area contributed by atoms with E-state index in [4.69, 9.17) is 15.2 Å². The van der Waals surface area contributed by atoms with Gasteiger partial charge in [-0.25, -0.2) is 4.98 Å². The van der Waals surface area contributed by atoms with Gasteiger partial charge in [-0.15, -0.1) is 0 Å². The first-order chi connectivity index (χ1) is 10.0. The van der Waals surface area contributed by atoms with Gasteiger partial charge in [-0.3, -0.25) is 0 Å². The first-order valence-electron chi connectivity index (χ1n) is 7.22. The third kappa shape index (κ3) is 3.03. The summed E-state index contributed by atoms with van der Waals surface area (Å²) in [6.45, 7) is 6.06. The van der Waals surface area contributed by atoms with Gasteiger partial charge in [0.15, 0.2) is 11.5 Å². The Morgan fingerprint density at radius 3 is 2.76 bits per heavy atom. The molecule has 0 atom stereocenters. The van der Waals surface area contributed by atoms with E-state index in [2.05, 4.69) is 21.7 Å². The van der Waals surface area contributed by atoms with Gasteiger partial charge in [0, 0.05) is 12.7 Å². The van der Waals surface area contributed by atoms with E-state index in [1.54, 1.807) is 0 Å². The Morgan fingerprint density at radius 1 is 1.24 bits per heavy atom. The van der Waals surface area contributed by atoms with Gasteiger partial charge in [0.25, 0.3) is 0 Å². The third-order valence-electron chi connectivity index (χ3n) is 3.62. The summed E-state index contributed by atoms with van der Waals surface area (Å²) in [4.78, 5) is 4.21. The molecule has 112 valence electrons. The number of fused-ring (bicyclic) bond motifs is 1. The number of ether oxygens (including phenoxy) is 2. The smallest absolute Gasteiger partial charge is 0.161 e. The predicted molar refractivity (Wildman–Crippen MR) is 80.6 cm³/mol. The molecule has 2 N–H and O–H groups in total. The van der Waals surface area contributed by atoms with Gasteiger partial charge >= 0.3 is 0 Å². The number of aryl methyl sites for hydroxylation is 2. The van der Waals surface area contributed by atoms with Crippen molar-refractivity contribution in [1.82, 2.24) is 9.55 Å². The first-order valence-corrected chi connectivity index (χ1v) is 7.22. The Hall–Kier alpha value is -2.01. The fraction of sp³-hybridized carbons (Fsp3) is 0.438. The number of aromatic nitrogens is 2. The topological polar surface area (TPSA) is 62.3 Å². The van der Waals surface area contributed by atoms with Crippen LogP contribution in [0.5, 0.6) is 11.5 Å². The molecule has 0 saturated carbocycles. The quantitative estimate of drug-likeness (QED) is 0.935. The summed E-state index contributed by atoms with van der Waals surface area (Å²) < 4.78 is 13.3. The van der Waals surface area contributed by atoms with Gasteiger partial charge < -0.3 is 19.8 Å². The lowest BCUT2D eigenvalue weighted by Gasteiger charge is -2.21. The average Bonchev–Trinajstić information content (AvgIpc) is 2.93. The summed E-state index contributed by atoms with van der Waals surface area (Å²) in [6.07, 6.45) is 4.57. The summed E-state index contributed by atoms with van der Waals surface area (Å²) in [5, 5.41) is 0. The second-order valence-electron chi connectivity index (χ2n) is 5.92. The maximum Gasteiger partial charge on any atom is 0.161 e. The number of hydrogen-bond donors (Lipinski definition) is 1. The van der Waals surface area contributed by atoms with E-state index < -0.39 is 0 Å². The van der Waals surface area contributed by atoms with Gasteiger partial charge in [-0.2, -0.15) is 0 Å². The van der Waals surface area contributed by atoms with Gasteiger partial charge in [0.05, 0.1) is 17.6 Å². The highest BCUT2D eigenvalue weighted by Crippen LogP contribution is 2.31. The number of nitrogens with two attached hydrogens (primary N) is 1. The Balaban J connectivity index is 1.72. The number of benzene rings is 1. The molecule has 3 rings (SSSR count). The molecule has 2 aromatic rings. The van der Waals surface area contributed by atoms with Crippen LogP contribution in [0.15, 0.2) is 30.7 Å². The Bertz CT molecular complexity index is 629. The van der Waals surface area contributed by atoms with Crippen molar-refractivity contribution >= 4 is 0 Å². The van der Waals surface area contributed by atoms with Crippen molar-refractivity contribution in [3.05, 3.63) is 42.0 Å². The van der Waals surface area contributed by atoms with Crippen LogP contribution in [0.3, 0.4) is 0 Å². The minimum absolute atomic E-state index is 0.386. The van der Waals surface area contributed by atoms with Crippen molar-refractivity contribution in [2.24, 2.45) is 5.73 Å². The van der Waals surface area contributed by atoms with E-state index in [-0.39, 0.29) is 5.54 Å². The maximum atomic E-state index is 6.16. The van der Waals surface area contributed by atoms with Crippen molar-refractivity contribution in [2.75, 3.05) is 13.2 Å². The molecule has 0 aliphatic carbocycles. The Morgan fingerprint density at radius 2 is 2.00 bits per heavy atom. The second-order valence-corrected chi connectivity index (χ2v) is 5.92. The highest BCUT2D eigenvalue weighted by molar-refractivity contribution is 5.43. The number of imidazole rings is 1. The lowest BCUT2D eigenvalue weighted by molar-refractivity contribution is 0.171. The molecule has 1 aromatic heterocycles. The highest BCUT2D eigenvalue weighted by Gasteiger charge is 2.19. The zero-order valence-corrected chi connectivity index (χ0v) is 12.5. The SMILES string of the molecule is CC(C)(N)c1cncn1CCc1ccc2c(c1)OCCO2. The molecule has 5 nitrogen and oxygen atoms in total. The molecule has 1 aliphatic heterocycles. The first kappa shape index (κ1) is 13.9. The van der Waals surface area contributed by atoms with Crippen LogP contribution < -0.4 is 15.2 Å². The molecule has 0 spiro atoms. The van der Waals surface area contributed by atoms with E-state index in [9.17, 15) is 0 Å². The predicted octanol–water partition coefficient (Wildman–Crippen LogP) is 2.09. The number of hydrogen-bond acceptors (Lipinski definition) is 4. The summed E-state index contributed by atoms with van der Waals surface area (Å²) in [5.74, 6) is 1.67. The summed E-state index contributed by atoms with van der Waals surface area (Å²) in [7, 11) is 0. The van der Waals surface area contributed by atoms with Crippen molar-refractivity contribution in [3.8, 4) is 11.5 Å². The molecule has 1 aromatic carbocycles. The fourth-order valence-corrected chi connectivity index (χ4v) is 2.53. The Kier molecular flexibility index (Phi) is 3.59. The minimum Gasteiger partial charge on any atom is -0.486 e. The molecule has 2 heterocycles. The number of rotatable bonds is 4. The standard InChI is InChI=1S/C16H21N3O2/c1-16(2,17)15-10-18-11-19(15)6-5-12-3-4-13-14(9-12)21-8-7-20-13/h3-4,9-11H,5-8,17H2,1-2H3. The zero-order chi connectivity index (χ0) is 14.9. The van der Waals surface area contributed by atoms with Crippen LogP contribution in [0, 0.1) is 0 Å². The molecule has 21 heavy (non-hydrogen) atoms. The molecule has 0 unspecified atom stereocenters. The lowest BCUT2D eigenvalue weighted by Crippen LogP contribution is -2.31. The van der Waals surface area contributed by atoms with Crippen molar-refractivity contribution in [2.45, 2.75) is 32.4 Å². The van der Waals surface area contributed by atoms with Crippen molar-refractivity contribution < 1.29 is 9.47 Å². The van der Waals surface area contributed by atoms with E-state index in [0.29, 0.717) is 13.2 Å². The highest BCUT2D eigenvalue weighted by atomic mass is 16.6. The van der Waals surface area contributed by atoms with Gasteiger partial charge in [-0.1, -0.05) is 6.07 Å². The van der Waals surface area contributed by atoms with Crippen LogP contribution in [0.4, 0.5) is 0 Å². The minimum atomic E-state index is -0.386. The fourth-order valence-electron chi connectivity index (χ4n) is 2.53. The molecule has 5 heteroatoms. The van der Waals surface area contributed by atoms with Crippen LogP contribution in [0.2, 0.25) is 0 Å². The van der Waals surface area contributed by atoms with Crippen LogP contribution in [-0.4, -0.2) is 22.8 Å². The molecule has 0 bridgehead atoms. The zero-order valence-electron chi connectivity index (χ0n) is 12.5. The Labute approximate surface area is 124 Å². The van der Waals surface area contributed by atoms with E-state index in [1.165, 1.54) is 5.56 Å². The van der Waals surface area contributed by atoms with Crippen molar-refractivity contribution in [1.29, 1.82) is 0 Å². The molecule has 0 amide bonds. The molecule has 0 fully saturated rings. The monoisotopic (exact) mass is 287 g/mol. The van der Waals surface area contributed by atoms with E-state index >= 15 is 0 Å². The third-order valence-corrected chi connectivity index (χ3v) is 3.62. The summed E-state index contributed by atoms with van der Waals surface area (Å²) in [5.41, 5.74) is 8.04. The molecular weight excluding hydrogens is 266 g/mol. The molecular formula is C16H21N3O2. The maximum absolute atomic E-state index is 6.16. The van der Waals surface area contributed by atoms with Crippen LogP contribution in [0.25, 0.3) is 0 Å². The van der Waals surface area contributed by atoms with Crippen molar-refractivity contribution in [3.63, 3.8) is 0 Å². The average molecular weight is 287 g/mol. The van der Waals surface area contributed by atoms with Gasteiger partial charge in [-0.05, 0) is 38.0 Å². The van der Waals surface area contributed by atoms with Gasteiger partial charge in [0.1, 0.15) is 13.2 Å².